The third-order valence-corrected chi connectivity index (χ3v) is 1.74. The quantitative estimate of drug-likeness (QED) is 0.600. The van der Waals surface area contributed by atoms with Crippen LogP contribution in [-0.4, -0.2) is 22.8 Å². The molecule has 1 aromatic rings. The van der Waals surface area contributed by atoms with Crippen molar-refractivity contribution in [3.63, 3.8) is 0 Å². The summed E-state index contributed by atoms with van der Waals surface area (Å²) >= 11 is 0. The van der Waals surface area contributed by atoms with Gasteiger partial charge in [0, 0.05) is 6.20 Å². The zero-order chi connectivity index (χ0) is 9.26. The molecule has 1 aliphatic heterocycles. The topological polar surface area (TPSA) is 72.0 Å². The predicted octanol–water partition coefficient (Wildman–Crippen LogP) is -0.290. The molecule has 66 valence electrons. The Hall–Kier alpha value is -1.91. The summed E-state index contributed by atoms with van der Waals surface area (Å²) in [4.78, 5) is 22.2. The molecule has 1 N–H and O–H groups in total. The highest BCUT2D eigenvalue weighted by molar-refractivity contribution is 6.17. The molecule has 5 heteroatoms. The maximum Gasteiger partial charge on any atom is 0.339 e. The van der Waals surface area contributed by atoms with Crippen molar-refractivity contribution >= 4 is 11.5 Å². The van der Waals surface area contributed by atoms with Crippen LogP contribution in [0, 0.1) is 0 Å². The number of nitrogens with one attached hydrogen (secondary N) is 1. The summed E-state index contributed by atoms with van der Waals surface area (Å²) in [5, 5.41) is 5.77. The summed E-state index contributed by atoms with van der Waals surface area (Å²) in [6.07, 6.45) is 3.00. The molecule has 13 heavy (non-hydrogen) atoms. The first kappa shape index (κ1) is 7.72. The third-order valence-electron chi connectivity index (χ3n) is 1.74. The monoisotopic (exact) mass is 178 g/mol. The van der Waals surface area contributed by atoms with E-state index >= 15 is 0 Å². The first-order chi connectivity index (χ1) is 6.29. The van der Waals surface area contributed by atoms with E-state index in [0.717, 1.165) is 0 Å². The normalized spacial score (nSPS) is 15.4. The minimum atomic E-state index is -0.461. The maximum absolute atomic E-state index is 11.2. The van der Waals surface area contributed by atoms with Gasteiger partial charge in [0.2, 0.25) is 0 Å². The summed E-state index contributed by atoms with van der Waals surface area (Å²) in [6, 6.07) is 1.48. The van der Waals surface area contributed by atoms with E-state index in [9.17, 15) is 9.59 Å². The number of carbonyl (C=O) groups is 1. The van der Waals surface area contributed by atoms with Gasteiger partial charge < -0.3 is 4.74 Å². The number of hydrogen-bond donors (Lipinski definition) is 1. The van der Waals surface area contributed by atoms with Crippen molar-refractivity contribution in [2.75, 3.05) is 6.61 Å². The largest absolute Gasteiger partial charge is 0.458 e. The highest BCUT2D eigenvalue weighted by atomic mass is 16.5. The fourth-order valence-corrected chi connectivity index (χ4v) is 1.14. The van der Waals surface area contributed by atoms with Crippen molar-refractivity contribution in [3.05, 3.63) is 34.3 Å². The summed E-state index contributed by atoms with van der Waals surface area (Å²) in [5.74, 6) is -0.461. The van der Waals surface area contributed by atoms with E-state index in [1.54, 1.807) is 6.08 Å². The second-order valence-electron chi connectivity index (χ2n) is 2.52. The Morgan fingerprint density at radius 2 is 2.31 bits per heavy atom. The molecule has 0 atom stereocenters. The minimum absolute atomic E-state index is 0.232. The lowest BCUT2D eigenvalue weighted by Gasteiger charge is -1.96. The summed E-state index contributed by atoms with van der Waals surface area (Å²) in [7, 11) is 0. The van der Waals surface area contributed by atoms with Crippen LogP contribution in [0.2, 0.25) is 0 Å². The fraction of sp³-hybridized carbons (Fsp3) is 0.125. The van der Waals surface area contributed by atoms with Crippen molar-refractivity contribution < 1.29 is 9.53 Å². The van der Waals surface area contributed by atoms with Crippen LogP contribution in [0.5, 0.6) is 0 Å². The number of aromatic amines is 1. The molecule has 0 saturated carbocycles. The molecule has 2 rings (SSSR count). The van der Waals surface area contributed by atoms with E-state index in [0.29, 0.717) is 11.1 Å². The Morgan fingerprint density at radius 3 is 2.92 bits per heavy atom. The highest BCUT2D eigenvalue weighted by Crippen LogP contribution is 2.15. The van der Waals surface area contributed by atoms with Gasteiger partial charge in [0.05, 0.1) is 11.1 Å². The molecule has 0 amide bonds. The van der Waals surface area contributed by atoms with Crippen LogP contribution in [0.4, 0.5) is 0 Å². The standard InChI is InChI=1S/C8H6N2O3/c11-7-5(1-3-9-10-7)6-2-4-13-8(6)12/h1-3H,4H2,(H,10,11). The molecule has 0 unspecified atom stereocenters. The van der Waals surface area contributed by atoms with Gasteiger partial charge in [-0.3, -0.25) is 4.79 Å². The van der Waals surface area contributed by atoms with Crippen molar-refractivity contribution in [2.45, 2.75) is 0 Å². The Bertz CT molecular complexity index is 433. The Balaban J connectivity index is 2.53. The zero-order valence-corrected chi connectivity index (χ0v) is 6.61. The van der Waals surface area contributed by atoms with E-state index in [1.807, 2.05) is 0 Å². The molecule has 2 heterocycles. The van der Waals surface area contributed by atoms with E-state index in [-0.39, 0.29) is 12.2 Å². The second kappa shape index (κ2) is 2.85. The van der Waals surface area contributed by atoms with Crippen molar-refractivity contribution in [3.8, 4) is 0 Å². The van der Waals surface area contributed by atoms with E-state index in [2.05, 4.69) is 14.9 Å². The molecular weight excluding hydrogens is 172 g/mol. The SMILES string of the molecule is O=C1OCC=C1c1ccn[nH]c1=O. The summed E-state index contributed by atoms with van der Waals surface area (Å²) < 4.78 is 4.67. The number of esters is 1. The van der Waals surface area contributed by atoms with Crippen molar-refractivity contribution in [1.82, 2.24) is 10.2 Å². The lowest BCUT2D eigenvalue weighted by atomic mass is 10.1. The number of rotatable bonds is 1. The Kier molecular flexibility index (Phi) is 1.70. The van der Waals surface area contributed by atoms with E-state index in [4.69, 9.17) is 0 Å². The highest BCUT2D eigenvalue weighted by Gasteiger charge is 2.20. The summed E-state index contributed by atoms with van der Waals surface area (Å²) in [6.45, 7) is 0.232. The molecule has 0 aliphatic carbocycles. The van der Waals surface area contributed by atoms with Gasteiger partial charge in [-0.1, -0.05) is 0 Å². The number of carbonyl (C=O) groups excluding carboxylic acids is 1. The average molecular weight is 178 g/mol. The zero-order valence-electron chi connectivity index (χ0n) is 6.61. The molecule has 0 radical (unpaired) electrons. The lowest BCUT2D eigenvalue weighted by molar-refractivity contribution is -0.133. The number of ether oxygens (including phenoxy) is 1. The number of aromatic nitrogens is 2. The number of hydrogen-bond acceptors (Lipinski definition) is 4. The van der Waals surface area contributed by atoms with Gasteiger partial charge in [0.15, 0.2) is 0 Å². The molecule has 0 fully saturated rings. The van der Waals surface area contributed by atoms with Crippen molar-refractivity contribution in [2.24, 2.45) is 0 Å². The maximum atomic E-state index is 11.2. The van der Waals surface area contributed by atoms with E-state index < -0.39 is 5.97 Å². The van der Waals surface area contributed by atoms with Crippen LogP contribution < -0.4 is 5.56 Å². The molecule has 0 saturated heterocycles. The average Bonchev–Trinajstić information content (AvgIpc) is 2.52. The van der Waals surface area contributed by atoms with Crippen LogP contribution in [0.3, 0.4) is 0 Å². The first-order valence-corrected chi connectivity index (χ1v) is 3.70. The second-order valence-corrected chi connectivity index (χ2v) is 2.52. The number of nitrogens with zero attached hydrogens (tertiary/aromatic N) is 1. The Labute approximate surface area is 73.0 Å². The molecule has 0 aromatic carbocycles. The van der Waals surface area contributed by atoms with E-state index in [1.165, 1.54) is 12.3 Å². The first-order valence-electron chi connectivity index (χ1n) is 3.70. The van der Waals surface area contributed by atoms with Gasteiger partial charge in [-0.2, -0.15) is 5.10 Å². The molecule has 1 aliphatic rings. The van der Waals surface area contributed by atoms with Crippen LogP contribution in [0.1, 0.15) is 5.56 Å². The van der Waals surface area contributed by atoms with Gasteiger partial charge in [-0.25, -0.2) is 9.89 Å². The minimum Gasteiger partial charge on any atom is -0.458 e. The van der Waals surface area contributed by atoms with Crippen LogP contribution in [0.15, 0.2) is 23.1 Å². The van der Waals surface area contributed by atoms with Crippen LogP contribution in [-0.2, 0) is 9.53 Å². The number of cyclic esters (lactones) is 1. The van der Waals surface area contributed by atoms with Gasteiger partial charge in [0.1, 0.15) is 6.61 Å². The molecule has 5 nitrogen and oxygen atoms in total. The molecular formula is C8H6N2O3. The molecule has 0 spiro atoms. The van der Waals surface area contributed by atoms with Crippen LogP contribution >= 0.6 is 0 Å². The van der Waals surface area contributed by atoms with Gasteiger partial charge in [-0.05, 0) is 12.1 Å². The smallest absolute Gasteiger partial charge is 0.339 e. The van der Waals surface area contributed by atoms with Crippen molar-refractivity contribution in [1.29, 1.82) is 0 Å². The molecule has 0 bridgehead atoms. The fourth-order valence-electron chi connectivity index (χ4n) is 1.14. The van der Waals surface area contributed by atoms with Gasteiger partial charge in [0.25, 0.3) is 5.56 Å². The number of H-pyrrole nitrogens is 1. The van der Waals surface area contributed by atoms with Gasteiger partial charge in [-0.15, -0.1) is 0 Å². The predicted molar refractivity (Wildman–Crippen MR) is 43.8 cm³/mol. The van der Waals surface area contributed by atoms with Crippen LogP contribution in [0.25, 0.3) is 5.57 Å². The Morgan fingerprint density at radius 1 is 1.46 bits per heavy atom. The molecule has 1 aromatic heterocycles. The van der Waals surface area contributed by atoms with Gasteiger partial charge >= 0.3 is 5.97 Å². The lowest BCUT2D eigenvalue weighted by Crippen LogP contribution is -2.14. The summed E-state index contributed by atoms with van der Waals surface area (Å²) in [5.41, 5.74) is 0.230. The third kappa shape index (κ3) is 1.24.